The maximum absolute atomic E-state index is 10.4. The summed E-state index contributed by atoms with van der Waals surface area (Å²) in [4.78, 5) is 14.7. The SMILES string of the molecule is O=C(O)CCc1cnc2n1CCCC2. The summed E-state index contributed by atoms with van der Waals surface area (Å²) in [6.07, 6.45) is 6.04. The second-order valence-electron chi connectivity index (χ2n) is 3.67. The van der Waals surface area contributed by atoms with Crippen LogP contribution in [0.15, 0.2) is 6.20 Å². The fourth-order valence-electron chi connectivity index (χ4n) is 1.91. The fourth-order valence-corrected chi connectivity index (χ4v) is 1.91. The zero-order valence-electron chi connectivity index (χ0n) is 8.07. The molecule has 0 radical (unpaired) electrons. The molecular formula is C10H14N2O2. The first kappa shape index (κ1) is 9.24. The first-order valence-electron chi connectivity index (χ1n) is 5.02. The van der Waals surface area contributed by atoms with Gasteiger partial charge in [0.25, 0.3) is 0 Å². The highest BCUT2D eigenvalue weighted by molar-refractivity contribution is 5.66. The number of nitrogens with zero attached hydrogens (tertiary/aromatic N) is 2. The normalized spacial score (nSPS) is 15.1. The molecule has 2 rings (SSSR count). The Morgan fingerprint density at radius 1 is 1.57 bits per heavy atom. The highest BCUT2D eigenvalue weighted by Crippen LogP contribution is 2.16. The van der Waals surface area contributed by atoms with Crippen LogP contribution in [0.5, 0.6) is 0 Å². The van der Waals surface area contributed by atoms with Crippen LogP contribution in [0.3, 0.4) is 0 Å². The Hall–Kier alpha value is -1.32. The standard InChI is InChI=1S/C10H14N2O2/c13-10(14)5-4-8-7-11-9-3-1-2-6-12(8)9/h7H,1-6H2,(H,13,14). The topological polar surface area (TPSA) is 55.1 Å². The Labute approximate surface area is 82.6 Å². The molecule has 0 spiro atoms. The molecule has 1 aromatic rings. The van der Waals surface area contributed by atoms with Crippen molar-refractivity contribution in [2.45, 2.75) is 38.6 Å². The van der Waals surface area contributed by atoms with Gasteiger partial charge in [-0.1, -0.05) is 0 Å². The molecule has 0 amide bonds. The van der Waals surface area contributed by atoms with E-state index in [0.717, 1.165) is 24.5 Å². The van der Waals surface area contributed by atoms with Crippen LogP contribution in [0.2, 0.25) is 0 Å². The van der Waals surface area contributed by atoms with Gasteiger partial charge in [-0.2, -0.15) is 0 Å². The third-order valence-corrected chi connectivity index (χ3v) is 2.65. The van der Waals surface area contributed by atoms with Gasteiger partial charge in [0.15, 0.2) is 0 Å². The molecule has 0 atom stereocenters. The fraction of sp³-hybridized carbons (Fsp3) is 0.600. The van der Waals surface area contributed by atoms with E-state index < -0.39 is 5.97 Å². The Balaban J connectivity index is 2.10. The van der Waals surface area contributed by atoms with Crippen molar-refractivity contribution in [3.8, 4) is 0 Å². The smallest absolute Gasteiger partial charge is 0.303 e. The van der Waals surface area contributed by atoms with E-state index in [4.69, 9.17) is 5.11 Å². The number of carbonyl (C=O) groups is 1. The quantitative estimate of drug-likeness (QED) is 0.787. The van der Waals surface area contributed by atoms with Crippen molar-refractivity contribution in [3.05, 3.63) is 17.7 Å². The zero-order valence-corrected chi connectivity index (χ0v) is 8.07. The minimum Gasteiger partial charge on any atom is -0.481 e. The summed E-state index contributed by atoms with van der Waals surface area (Å²) in [6.45, 7) is 1.00. The number of aromatic nitrogens is 2. The molecule has 2 heterocycles. The first-order chi connectivity index (χ1) is 6.77. The van der Waals surface area contributed by atoms with Gasteiger partial charge in [-0.05, 0) is 19.3 Å². The average Bonchev–Trinajstić information content (AvgIpc) is 2.58. The molecule has 1 aliphatic rings. The lowest BCUT2D eigenvalue weighted by Gasteiger charge is -2.15. The summed E-state index contributed by atoms with van der Waals surface area (Å²) in [5.74, 6) is 0.382. The van der Waals surface area contributed by atoms with Gasteiger partial charge in [-0.15, -0.1) is 0 Å². The van der Waals surface area contributed by atoms with Gasteiger partial charge in [0, 0.05) is 24.9 Å². The molecular weight excluding hydrogens is 180 g/mol. The van der Waals surface area contributed by atoms with Gasteiger partial charge in [-0.3, -0.25) is 4.79 Å². The average molecular weight is 194 g/mol. The van der Waals surface area contributed by atoms with E-state index in [1.54, 1.807) is 0 Å². The van der Waals surface area contributed by atoms with E-state index in [2.05, 4.69) is 9.55 Å². The van der Waals surface area contributed by atoms with E-state index in [1.807, 2.05) is 6.20 Å². The lowest BCUT2D eigenvalue weighted by molar-refractivity contribution is -0.136. The highest BCUT2D eigenvalue weighted by Gasteiger charge is 2.14. The second-order valence-corrected chi connectivity index (χ2v) is 3.67. The lowest BCUT2D eigenvalue weighted by Crippen LogP contribution is -2.13. The monoisotopic (exact) mass is 194 g/mol. The van der Waals surface area contributed by atoms with Gasteiger partial charge >= 0.3 is 5.97 Å². The van der Waals surface area contributed by atoms with Crippen molar-refractivity contribution in [3.63, 3.8) is 0 Å². The maximum atomic E-state index is 10.4. The van der Waals surface area contributed by atoms with Crippen molar-refractivity contribution >= 4 is 5.97 Å². The van der Waals surface area contributed by atoms with Crippen molar-refractivity contribution < 1.29 is 9.90 Å². The van der Waals surface area contributed by atoms with Crippen molar-refractivity contribution in [2.75, 3.05) is 0 Å². The molecule has 0 saturated carbocycles. The molecule has 4 nitrogen and oxygen atoms in total. The number of hydrogen-bond acceptors (Lipinski definition) is 2. The molecule has 0 saturated heterocycles. The van der Waals surface area contributed by atoms with E-state index >= 15 is 0 Å². The molecule has 4 heteroatoms. The van der Waals surface area contributed by atoms with Gasteiger partial charge in [-0.25, -0.2) is 4.98 Å². The molecule has 76 valence electrons. The number of rotatable bonds is 3. The summed E-state index contributed by atoms with van der Waals surface area (Å²) in [6, 6.07) is 0. The second kappa shape index (κ2) is 3.82. The van der Waals surface area contributed by atoms with E-state index in [0.29, 0.717) is 6.42 Å². The Kier molecular flexibility index (Phi) is 2.52. The number of hydrogen-bond donors (Lipinski definition) is 1. The number of aryl methyl sites for hydroxylation is 2. The Morgan fingerprint density at radius 3 is 3.21 bits per heavy atom. The van der Waals surface area contributed by atoms with Gasteiger partial charge in [0.2, 0.25) is 0 Å². The van der Waals surface area contributed by atoms with Crippen molar-refractivity contribution in [2.24, 2.45) is 0 Å². The molecule has 1 aliphatic heterocycles. The molecule has 1 aromatic heterocycles. The summed E-state index contributed by atoms with van der Waals surface area (Å²) < 4.78 is 2.17. The van der Waals surface area contributed by atoms with Crippen LogP contribution in [-0.2, 0) is 24.2 Å². The Bertz CT molecular complexity index is 344. The van der Waals surface area contributed by atoms with Gasteiger partial charge < -0.3 is 9.67 Å². The minimum atomic E-state index is -0.739. The van der Waals surface area contributed by atoms with Crippen LogP contribution in [0.1, 0.15) is 30.8 Å². The molecule has 0 bridgehead atoms. The van der Waals surface area contributed by atoms with E-state index in [9.17, 15) is 4.79 Å². The van der Waals surface area contributed by atoms with Crippen molar-refractivity contribution in [1.29, 1.82) is 0 Å². The van der Waals surface area contributed by atoms with Gasteiger partial charge in [0.1, 0.15) is 5.82 Å². The summed E-state index contributed by atoms with van der Waals surface area (Å²) in [7, 11) is 0. The maximum Gasteiger partial charge on any atom is 0.303 e. The highest BCUT2D eigenvalue weighted by atomic mass is 16.4. The predicted octanol–water partition coefficient (Wildman–Crippen LogP) is 1.24. The summed E-state index contributed by atoms with van der Waals surface area (Å²) in [5, 5.41) is 8.59. The number of fused-ring (bicyclic) bond motifs is 1. The van der Waals surface area contributed by atoms with E-state index in [1.165, 1.54) is 12.8 Å². The molecule has 0 unspecified atom stereocenters. The van der Waals surface area contributed by atoms with Crippen molar-refractivity contribution in [1.82, 2.24) is 9.55 Å². The third-order valence-electron chi connectivity index (χ3n) is 2.65. The molecule has 0 aromatic carbocycles. The largest absolute Gasteiger partial charge is 0.481 e. The van der Waals surface area contributed by atoms with Crippen LogP contribution >= 0.6 is 0 Å². The molecule has 0 aliphatic carbocycles. The number of carboxylic acids is 1. The van der Waals surface area contributed by atoms with Crippen LogP contribution in [-0.4, -0.2) is 20.6 Å². The molecule has 0 fully saturated rings. The van der Waals surface area contributed by atoms with Crippen LogP contribution in [0.25, 0.3) is 0 Å². The number of aliphatic carboxylic acids is 1. The predicted molar refractivity (Wildman–Crippen MR) is 51.1 cm³/mol. The van der Waals surface area contributed by atoms with Gasteiger partial charge in [0.05, 0.1) is 6.42 Å². The van der Waals surface area contributed by atoms with E-state index in [-0.39, 0.29) is 6.42 Å². The third kappa shape index (κ3) is 1.78. The number of carboxylic acid groups (broad SMARTS) is 1. The van der Waals surface area contributed by atoms with Crippen LogP contribution < -0.4 is 0 Å². The Morgan fingerprint density at radius 2 is 2.43 bits per heavy atom. The van der Waals surface area contributed by atoms with Crippen LogP contribution in [0, 0.1) is 0 Å². The molecule has 1 N–H and O–H groups in total. The lowest BCUT2D eigenvalue weighted by atomic mass is 10.1. The number of imidazole rings is 1. The minimum absolute atomic E-state index is 0.200. The van der Waals surface area contributed by atoms with Crippen LogP contribution in [0.4, 0.5) is 0 Å². The summed E-state index contributed by atoms with van der Waals surface area (Å²) in [5.41, 5.74) is 1.07. The summed E-state index contributed by atoms with van der Waals surface area (Å²) >= 11 is 0. The zero-order chi connectivity index (χ0) is 9.97. The molecule has 14 heavy (non-hydrogen) atoms. The first-order valence-corrected chi connectivity index (χ1v) is 5.02.